The third kappa shape index (κ3) is 3.60. The van der Waals surface area contributed by atoms with Gasteiger partial charge in [0.2, 0.25) is 0 Å². The van der Waals surface area contributed by atoms with E-state index < -0.39 is 0 Å². The van der Waals surface area contributed by atoms with Gasteiger partial charge < -0.3 is 14.4 Å². The van der Waals surface area contributed by atoms with E-state index in [1.54, 1.807) is 7.11 Å². The van der Waals surface area contributed by atoms with Gasteiger partial charge in [-0.25, -0.2) is 4.98 Å². The molecule has 30 heavy (non-hydrogen) atoms. The second kappa shape index (κ2) is 8.95. The topological polar surface area (TPSA) is 51.9 Å². The number of aryl methyl sites for hydroxylation is 2. The first kappa shape index (κ1) is 21.9. The van der Waals surface area contributed by atoms with Gasteiger partial charge in [0.15, 0.2) is 5.65 Å². The predicted octanol–water partition coefficient (Wildman–Crippen LogP) is 4.32. The van der Waals surface area contributed by atoms with E-state index in [0.717, 1.165) is 57.4 Å². The van der Waals surface area contributed by atoms with Crippen molar-refractivity contribution in [3.63, 3.8) is 0 Å². The number of fused-ring (bicyclic) bond motifs is 2. The molecular weight excluding hydrogens is 400 g/mol. The number of halogens is 1. The fourth-order valence-corrected chi connectivity index (χ4v) is 3.93. The Balaban J connectivity index is 0.00000256. The summed E-state index contributed by atoms with van der Waals surface area (Å²) in [4.78, 5) is 7.22. The fraction of sp³-hybridized carbons (Fsp3) is 0.391. The third-order valence-electron chi connectivity index (χ3n) is 5.41. The molecule has 0 unspecified atom stereocenters. The number of ether oxygens (including phenoxy) is 2. The normalized spacial score (nSPS) is 12.2. The Labute approximate surface area is 183 Å². The van der Waals surface area contributed by atoms with E-state index in [4.69, 9.17) is 19.6 Å². The molecule has 3 aromatic rings. The van der Waals surface area contributed by atoms with Crippen LogP contribution in [0.2, 0.25) is 0 Å². The molecule has 0 spiro atoms. The Morgan fingerprint density at radius 1 is 1.27 bits per heavy atom. The van der Waals surface area contributed by atoms with Crippen LogP contribution >= 0.6 is 12.4 Å². The standard InChI is InChI=1S/C23H26N4O2.ClH/c1-6-8-11-26(7-2)23-19-13-29-14-20(19)24-22-21(16(4)25-27(22)23)18-10-9-17(28-5)12-15(18)3;/h9-10,12H,7,11,13-14H2,1-5H3;1H. The minimum atomic E-state index is 0. The summed E-state index contributed by atoms with van der Waals surface area (Å²) in [5.41, 5.74) is 7.21. The molecule has 2 aromatic heterocycles. The molecule has 1 aliphatic heterocycles. The van der Waals surface area contributed by atoms with E-state index >= 15 is 0 Å². The number of benzene rings is 1. The predicted molar refractivity (Wildman–Crippen MR) is 122 cm³/mol. The van der Waals surface area contributed by atoms with Crippen molar-refractivity contribution >= 4 is 23.9 Å². The molecule has 0 atom stereocenters. The first-order valence-corrected chi connectivity index (χ1v) is 9.87. The van der Waals surface area contributed by atoms with Crippen LogP contribution in [0.3, 0.4) is 0 Å². The van der Waals surface area contributed by atoms with E-state index in [2.05, 4.69) is 36.7 Å². The van der Waals surface area contributed by atoms with Crippen molar-refractivity contribution in [2.75, 3.05) is 25.1 Å². The molecule has 6 nitrogen and oxygen atoms in total. The molecule has 1 aromatic carbocycles. The first-order chi connectivity index (χ1) is 14.1. The number of nitrogens with zero attached hydrogens (tertiary/aromatic N) is 4. The molecule has 0 fully saturated rings. The lowest BCUT2D eigenvalue weighted by atomic mass is 10.0. The zero-order chi connectivity index (χ0) is 20.5. The largest absolute Gasteiger partial charge is 0.497 e. The van der Waals surface area contributed by atoms with Crippen molar-refractivity contribution in [3.8, 4) is 28.7 Å². The van der Waals surface area contributed by atoms with Crippen LogP contribution in [0.5, 0.6) is 5.75 Å². The van der Waals surface area contributed by atoms with E-state index in [9.17, 15) is 0 Å². The molecule has 3 heterocycles. The van der Waals surface area contributed by atoms with Crippen LogP contribution in [0.4, 0.5) is 5.82 Å². The monoisotopic (exact) mass is 426 g/mol. The first-order valence-electron chi connectivity index (χ1n) is 9.87. The SMILES string of the molecule is CC#CCN(CC)c1c2c(nc3c(-c4ccc(OC)cc4C)c(C)nn13)COC2.Cl. The van der Waals surface area contributed by atoms with Crippen LogP contribution in [-0.2, 0) is 18.0 Å². The van der Waals surface area contributed by atoms with Gasteiger partial charge in [-0.1, -0.05) is 12.0 Å². The van der Waals surface area contributed by atoms with Gasteiger partial charge in [0, 0.05) is 17.7 Å². The summed E-state index contributed by atoms with van der Waals surface area (Å²) in [5.74, 6) is 8.07. The average Bonchev–Trinajstić information content (AvgIpc) is 3.31. The highest BCUT2D eigenvalue weighted by Crippen LogP contribution is 2.37. The van der Waals surface area contributed by atoms with Crippen LogP contribution in [0.15, 0.2) is 18.2 Å². The van der Waals surface area contributed by atoms with Gasteiger partial charge >= 0.3 is 0 Å². The van der Waals surface area contributed by atoms with Crippen LogP contribution in [0.25, 0.3) is 16.8 Å². The third-order valence-corrected chi connectivity index (χ3v) is 5.41. The number of hydrogen-bond acceptors (Lipinski definition) is 5. The zero-order valence-electron chi connectivity index (χ0n) is 18.1. The lowest BCUT2D eigenvalue weighted by Gasteiger charge is -2.23. The van der Waals surface area contributed by atoms with Crippen LogP contribution in [-0.4, -0.2) is 34.8 Å². The molecule has 158 valence electrons. The number of hydrogen-bond donors (Lipinski definition) is 0. The summed E-state index contributed by atoms with van der Waals surface area (Å²) in [6.45, 7) is 10.7. The van der Waals surface area contributed by atoms with E-state index in [-0.39, 0.29) is 12.4 Å². The minimum Gasteiger partial charge on any atom is -0.497 e. The molecule has 0 saturated carbocycles. The Bertz CT molecular complexity index is 1140. The van der Waals surface area contributed by atoms with Crippen molar-refractivity contribution in [2.45, 2.75) is 40.9 Å². The van der Waals surface area contributed by atoms with Gasteiger partial charge in [-0.15, -0.1) is 18.3 Å². The van der Waals surface area contributed by atoms with Gasteiger partial charge in [-0.3, -0.25) is 0 Å². The van der Waals surface area contributed by atoms with Crippen LogP contribution < -0.4 is 9.64 Å². The Morgan fingerprint density at radius 3 is 2.73 bits per heavy atom. The van der Waals surface area contributed by atoms with Crippen molar-refractivity contribution < 1.29 is 9.47 Å². The Morgan fingerprint density at radius 2 is 2.07 bits per heavy atom. The zero-order valence-corrected chi connectivity index (χ0v) is 18.9. The molecule has 0 aliphatic carbocycles. The number of aromatic nitrogens is 3. The molecule has 1 aliphatic rings. The lowest BCUT2D eigenvalue weighted by Crippen LogP contribution is -2.27. The van der Waals surface area contributed by atoms with E-state index in [1.807, 2.05) is 30.5 Å². The van der Waals surface area contributed by atoms with Crippen LogP contribution in [0.1, 0.15) is 36.4 Å². The van der Waals surface area contributed by atoms with Gasteiger partial charge in [0.05, 0.1) is 38.3 Å². The number of anilines is 1. The van der Waals surface area contributed by atoms with Crippen molar-refractivity contribution in [1.82, 2.24) is 14.6 Å². The Kier molecular flexibility index (Phi) is 6.55. The maximum absolute atomic E-state index is 5.74. The highest BCUT2D eigenvalue weighted by molar-refractivity contribution is 5.85. The summed E-state index contributed by atoms with van der Waals surface area (Å²) in [6.07, 6.45) is 0. The quantitative estimate of drug-likeness (QED) is 0.568. The van der Waals surface area contributed by atoms with Gasteiger partial charge in [0.25, 0.3) is 0 Å². The van der Waals surface area contributed by atoms with Crippen molar-refractivity contribution in [1.29, 1.82) is 0 Å². The number of methoxy groups -OCH3 is 1. The number of rotatable bonds is 5. The van der Waals surface area contributed by atoms with Crippen LogP contribution in [0, 0.1) is 25.7 Å². The second-order valence-electron chi connectivity index (χ2n) is 7.17. The second-order valence-corrected chi connectivity index (χ2v) is 7.17. The van der Waals surface area contributed by atoms with Crippen molar-refractivity contribution in [3.05, 3.63) is 40.7 Å². The molecule has 0 N–H and O–H groups in total. The van der Waals surface area contributed by atoms with E-state index in [1.165, 1.54) is 0 Å². The summed E-state index contributed by atoms with van der Waals surface area (Å²) in [7, 11) is 1.69. The maximum Gasteiger partial charge on any atom is 0.165 e. The molecule has 7 heteroatoms. The highest BCUT2D eigenvalue weighted by atomic mass is 35.5. The Hall–Kier alpha value is -2.75. The summed E-state index contributed by atoms with van der Waals surface area (Å²) in [5, 5.41) is 4.91. The highest BCUT2D eigenvalue weighted by Gasteiger charge is 2.27. The molecule has 0 saturated heterocycles. The van der Waals surface area contributed by atoms with E-state index in [0.29, 0.717) is 19.8 Å². The fourth-order valence-electron chi connectivity index (χ4n) is 3.93. The summed E-state index contributed by atoms with van der Waals surface area (Å²) in [6, 6.07) is 6.12. The molecule has 0 radical (unpaired) electrons. The molecule has 0 bridgehead atoms. The molecule has 4 rings (SSSR count). The maximum atomic E-state index is 5.74. The lowest BCUT2D eigenvalue weighted by molar-refractivity contribution is 0.133. The minimum absolute atomic E-state index is 0. The van der Waals surface area contributed by atoms with Gasteiger partial charge in [-0.2, -0.15) is 9.61 Å². The average molecular weight is 427 g/mol. The van der Waals surface area contributed by atoms with Gasteiger partial charge in [0.1, 0.15) is 11.6 Å². The van der Waals surface area contributed by atoms with Gasteiger partial charge in [-0.05, 0) is 51.0 Å². The molecular formula is C23H27ClN4O2. The molecule has 0 amide bonds. The summed E-state index contributed by atoms with van der Waals surface area (Å²) < 4.78 is 13.1. The smallest absolute Gasteiger partial charge is 0.165 e. The summed E-state index contributed by atoms with van der Waals surface area (Å²) >= 11 is 0. The van der Waals surface area contributed by atoms with Crippen molar-refractivity contribution in [2.24, 2.45) is 0 Å².